The van der Waals surface area contributed by atoms with Gasteiger partial charge in [-0.1, -0.05) is 53.0 Å². The van der Waals surface area contributed by atoms with Crippen LogP contribution in [0.15, 0.2) is 30.3 Å². The predicted molar refractivity (Wildman–Crippen MR) is 65.7 cm³/mol. The van der Waals surface area contributed by atoms with Crippen LogP contribution in [0.5, 0.6) is 0 Å². The summed E-state index contributed by atoms with van der Waals surface area (Å²) >= 11 is 16.4. The molecule has 1 atom stereocenters. The zero-order chi connectivity index (χ0) is 12.4. The third-order valence-corrected chi connectivity index (χ3v) is 3.78. The molecule has 90 valence electrons. The van der Waals surface area contributed by atoms with Crippen molar-refractivity contribution in [3.05, 3.63) is 30.3 Å². The molecule has 0 fully saturated rings. The first-order valence-corrected chi connectivity index (χ1v) is 6.69. The lowest BCUT2D eigenvalue weighted by atomic mass is 10.3. The van der Waals surface area contributed by atoms with E-state index in [2.05, 4.69) is 5.32 Å². The summed E-state index contributed by atoms with van der Waals surface area (Å²) in [6, 6.07) is 8.23. The summed E-state index contributed by atoms with van der Waals surface area (Å²) < 4.78 is 28.8. The molecule has 0 heterocycles. The predicted octanol–water partition coefficient (Wildman–Crippen LogP) is 2.68. The largest absolute Gasteiger partial charge is 0.364 e. The number of rotatable bonds is 3. The minimum atomic E-state index is -4.53. The van der Waals surface area contributed by atoms with Crippen LogP contribution in [0, 0.1) is 0 Å². The van der Waals surface area contributed by atoms with E-state index in [1.54, 1.807) is 30.3 Å². The first-order valence-electron chi connectivity index (χ1n) is 4.06. The summed E-state index contributed by atoms with van der Waals surface area (Å²) in [5.41, 5.74) is 0.413. The van der Waals surface area contributed by atoms with Gasteiger partial charge < -0.3 is 5.32 Å². The van der Waals surface area contributed by atoms with E-state index in [0.29, 0.717) is 5.69 Å². The molecule has 1 aromatic carbocycles. The zero-order valence-electron chi connectivity index (χ0n) is 7.77. The van der Waals surface area contributed by atoms with Gasteiger partial charge in [-0.2, -0.15) is 8.42 Å². The van der Waals surface area contributed by atoms with Crippen molar-refractivity contribution in [2.24, 2.45) is 0 Å². The Balaban J connectivity index is 2.99. The fourth-order valence-electron chi connectivity index (χ4n) is 1.01. The number of benzene rings is 1. The van der Waals surface area contributed by atoms with Gasteiger partial charge in [0, 0.05) is 5.69 Å². The lowest BCUT2D eigenvalue weighted by Crippen LogP contribution is -2.40. The molecule has 8 heteroatoms. The molecule has 0 spiro atoms. The molecule has 1 rings (SSSR count). The van der Waals surface area contributed by atoms with E-state index in [9.17, 15) is 8.42 Å². The van der Waals surface area contributed by atoms with E-state index in [1.165, 1.54) is 0 Å². The highest BCUT2D eigenvalue weighted by Gasteiger charge is 2.42. The van der Waals surface area contributed by atoms with Crippen molar-refractivity contribution in [1.82, 2.24) is 0 Å². The number of halogens is 3. The van der Waals surface area contributed by atoms with E-state index >= 15 is 0 Å². The Labute approximate surface area is 108 Å². The van der Waals surface area contributed by atoms with E-state index in [0.717, 1.165) is 0 Å². The molecule has 4 nitrogen and oxygen atoms in total. The van der Waals surface area contributed by atoms with Crippen molar-refractivity contribution in [1.29, 1.82) is 0 Å². The summed E-state index contributed by atoms with van der Waals surface area (Å²) in [5, 5.41) is 0.696. The van der Waals surface area contributed by atoms with Crippen LogP contribution >= 0.6 is 34.8 Å². The molecule has 0 aliphatic carbocycles. The Morgan fingerprint density at radius 1 is 1.19 bits per heavy atom. The van der Waals surface area contributed by atoms with Crippen LogP contribution in [0.4, 0.5) is 5.69 Å². The van der Waals surface area contributed by atoms with E-state index in [4.69, 9.17) is 39.4 Å². The molecular weight excluding hydrogens is 297 g/mol. The van der Waals surface area contributed by atoms with Crippen molar-refractivity contribution in [2.75, 3.05) is 5.32 Å². The highest BCUT2D eigenvalue weighted by Crippen LogP contribution is 2.34. The van der Waals surface area contributed by atoms with Gasteiger partial charge in [0.1, 0.15) is 0 Å². The van der Waals surface area contributed by atoms with Crippen LogP contribution in [-0.4, -0.2) is 22.1 Å². The highest BCUT2D eigenvalue weighted by atomic mass is 35.6. The Morgan fingerprint density at radius 3 is 2.06 bits per heavy atom. The SMILES string of the molecule is O=S(=O)(O)C(Nc1ccccc1)C(Cl)(Cl)Cl. The van der Waals surface area contributed by atoms with Crippen molar-refractivity contribution in [3.8, 4) is 0 Å². The molecule has 0 saturated heterocycles. The standard InChI is InChI=1S/C8H8Cl3NO3S/c9-8(10,11)7(16(13,14)15)12-6-4-2-1-3-5-6/h1-5,7,12H,(H,13,14,15). The van der Waals surface area contributed by atoms with E-state index < -0.39 is 19.3 Å². The van der Waals surface area contributed by atoms with E-state index in [-0.39, 0.29) is 0 Å². The van der Waals surface area contributed by atoms with Crippen LogP contribution in [0.1, 0.15) is 0 Å². The molecule has 16 heavy (non-hydrogen) atoms. The van der Waals surface area contributed by atoms with Crippen LogP contribution < -0.4 is 5.32 Å². The molecule has 0 amide bonds. The van der Waals surface area contributed by atoms with Crippen molar-refractivity contribution < 1.29 is 13.0 Å². The molecule has 2 N–H and O–H groups in total. The second kappa shape index (κ2) is 4.98. The fourth-order valence-corrected chi connectivity index (χ4v) is 2.81. The number of nitrogens with one attached hydrogen (secondary N) is 1. The van der Waals surface area contributed by atoms with Crippen LogP contribution in [0.25, 0.3) is 0 Å². The van der Waals surface area contributed by atoms with Gasteiger partial charge in [0.15, 0.2) is 0 Å². The molecule has 0 saturated carbocycles. The Hall–Kier alpha value is -0.200. The van der Waals surface area contributed by atoms with Gasteiger partial charge >= 0.3 is 0 Å². The van der Waals surface area contributed by atoms with Crippen LogP contribution in [0.2, 0.25) is 0 Å². The molecule has 1 unspecified atom stereocenters. The van der Waals surface area contributed by atoms with Crippen LogP contribution in [-0.2, 0) is 10.1 Å². The summed E-state index contributed by atoms with van der Waals surface area (Å²) in [5.74, 6) is 0. The van der Waals surface area contributed by atoms with Gasteiger partial charge in [0.25, 0.3) is 10.1 Å². The maximum Gasteiger partial charge on any atom is 0.290 e. The highest BCUT2D eigenvalue weighted by molar-refractivity contribution is 7.86. The molecule has 0 radical (unpaired) electrons. The van der Waals surface area contributed by atoms with Crippen molar-refractivity contribution >= 4 is 50.6 Å². The molecule has 0 aromatic heterocycles. The Morgan fingerprint density at radius 2 is 1.69 bits per heavy atom. The molecule has 0 aliphatic rings. The van der Waals surface area contributed by atoms with Gasteiger partial charge in [-0.25, -0.2) is 0 Å². The first kappa shape index (κ1) is 13.9. The Bertz CT molecular complexity index is 443. The van der Waals surface area contributed by atoms with Gasteiger partial charge in [-0.3, -0.25) is 4.55 Å². The number of hydrogen-bond donors (Lipinski definition) is 2. The molecule has 0 aliphatic heterocycles. The number of alkyl halides is 3. The molecule has 0 bridgehead atoms. The van der Waals surface area contributed by atoms with Crippen molar-refractivity contribution in [2.45, 2.75) is 9.17 Å². The molecular formula is C8H8Cl3NO3S. The van der Waals surface area contributed by atoms with E-state index in [1.807, 2.05) is 0 Å². The second-order valence-corrected chi connectivity index (χ2v) is 6.82. The molecule has 1 aromatic rings. The van der Waals surface area contributed by atoms with Gasteiger partial charge in [0.05, 0.1) is 0 Å². The van der Waals surface area contributed by atoms with Gasteiger partial charge in [-0.15, -0.1) is 0 Å². The lowest BCUT2D eigenvalue weighted by molar-refractivity contribution is 0.472. The monoisotopic (exact) mass is 303 g/mol. The fraction of sp³-hybridized carbons (Fsp3) is 0.250. The number of anilines is 1. The number of hydrogen-bond acceptors (Lipinski definition) is 3. The average molecular weight is 305 g/mol. The summed E-state index contributed by atoms with van der Waals surface area (Å²) in [4.78, 5) is 0. The minimum absolute atomic E-state index is 0.413. The quantitative estimate of drug-likeness (QED) is 0.665. The smallest absolute Gasteiger partial charge is 0.290 e. The van der Waals surface area contributed by atoms with Gasteiger partial charge in [0.2, 0.25) is 9.17 Å². The summed E-state index contributed by atoms with van der Waals surface area (Å²) in [7, 11) is -4.53. The summed E-state index contributed by atoms with van der Waals surface area (Å²) in [6.07, 6.45) is 0. The normalized spacial score (nSPS) is 14.5. The third kappa shape index (κ3) is 3.99. The summed E-state index contributed by atoms with van der Waals surface area (Å²) in [6.45, 7) is 0. The lowest BCUT2D eigenvalue weighted by Gasteiger charge is -2.23. The topological polar surface area (TPSA) is 66.4 Å². The third-order valence-electron chi connectivity index (χ3n) is 1.67. The average Bonchev–Trinajstić information content (AvgIpc) is 2.12. The maximum absolute atomic E-state index is 11.0. The van der Waals surface area contributed by atoms with Crippen LogP contribution in [0.3, 0.4) is 0 Å². The Kier molecular flexibility index (Phi) is 4.31. The maximum atomic E-state index is 11.0. The zero-order valence-corrected chi connectivity index (χ0v) is 10.9. The number of para-hydroxylation sites is 1. The second-order valence-electron chi connectivity index (χ2n) is 2.95. The minimum Gasteiger partial charge on any atom is -0.364 e. The van der Waals surface area contributed by atoms with Crippen molar-refractivity contribution in [3.63, 3.8) is 0 Å². The first-order chi connectivity index (χ1) is 7.21. The van der Waals surface area contributed by atoms with Gasteiger partial charge in [-0.05, 0) is 12.1 Å².